The number of carbonyl (C=O) groups excluding carboxylic acids is 1. The zero-order valence-corrected chi connectivity index (χ0v) is 9.16. The van der Waals surface area contributed by atoms with Crippen molar-refractivity contribution in [1.29, 1.82) is 0 Å². The first kappa shape index (κ1) is 9.75. The van der Waals surface area contributed by atoms with E-state index in [1.54, 1.807) is 6.07 Å². The molecule has 0 fully saturated rings. The van der Waals surface area contributed by atoms with Gasteiger partial charge in [0, 0.05) is 10.0 Å². The van der Waals surface area contributed by atoms with Gasteiger partial charge in [0.05, 0.1) is 5.02 Å². The number of rotatable bonds is 1. The minimum atomic E-state index is 0.0347. The van der Waals surface area contributed by atoms with Crippen LogP contribution in [-0.4, -0.2) is 5.78 Å². The maximum atomic E-state index is 11.0. The van der Waals surface area contributed by atoms with Crippen molar-refractivity contribution in [3.05, 3.63) is 32.8 Å². The number of benzene rings is 1. The van der Waals surface area contributed by atoms with E-state index in [0.717, 1.165) is 10.0 Å². The lowest BCUT2D eigenvalue weighted by molar-refractivity contribution is 0.101. The maximum Gasteiger partial charge on any atom is 0.159 e. The van der Waals surface area contributed by atoms with Crippen LogP contribution in [0.5, 0.6) is 0 Å². The molecule has 0 aromatic heterocycles. The third-order valence-electron chi connectivity index (χ3n) is 1.62. The lowest BCUT2D eigenvalue weighted by Gasteiger charge is -2.03. The molecule has 64 valence electrons. The summed E-state index contributed by atoms with van der Waals surface area (Å²) in [6.07, 6.45) is 0. The van der Waals surface area contributed by atoms with Crippen molar-refractivity contribution in [3.63, 3.8) is 0 Å². The maximum absolute atomic E-state index is 11.0. The van der Waals surface area contributed by atoms with Crippen molar-refractivity contribution in [3.8, 4) is 0 Å². The Morgan fingerprint density at radius 1 is 1.50 bits per heavy atom. The number of carbonyl (C=O) groups is 1. The van der Waals surface area contributed by atoms with Crippen LogP contribution in [0.25, 0.3) is 0 Å². The van der Waals surface area contributed by atoms with Crippen LogP contribution in [0, 0.1) is 6.92 Å². The molecule has 0 spiro atoms. The van der Waals surface area contributed by atoms with E-state index < -0.39 is 0 Å². The van der Waals surface area contributed by atoms with E-state index >= 15 is 0 Å². The van der Waals surface area contributed by atoms with Gasteiger partial charge in [0.1, 0.15) is 0 Å². The Morgan fingerprint density at radius 3 is 2.50 bits per heavy atom. The summed E-state index contributed by atoms with van der Waals surface area (Å²) in [5.74, 6) is 0.0347. The number of hydrogen-bond donors (Lipinski definition) is 0. The van der Waals surface area contributed by atoms with Crippen molar-refractivity contribution in [2.75, 3.05) is 0 Å². The molecule has 0 saturated heterocycles. The Bertz CT molecular complexity index is 310. The van der Waals surface area contributed by atoms with E-state index in [0.29, 0.717) is 10.6 Å². The van der Waals surface area contributed by atoms with Gasteiger partial charge in [-0.25, -0.2) is 0 Å². The molecule has 0 aliphatic carbocycles. The van der Waals surface area contributed by atoms with Crippen LogP contribution in [0.4, 0.5) is 0 Å². The predicted octanol–water partition coefficient (Wildman–Crippen LogP) is 3.61. The number of hydrogen-bond acceptors (Lipinski definition) is 1. The molecule has 0 aliphatic rings. The fourth-order valence-electron chi connectivity index (χ4n) is 0.930. The molecule has 0 saturated carbocycles. The summed E-state index contributed by atoms with van der Waals surface area (Å²) in [7, 11) is 0. The minimum absolute atomic E-state index is 0.0347. The van der Waals surface area contributed by atoms with E-state index in [4.69, 9.17) is 11.6 Å². The molecule has 0 heterocycles. The molecule has 1 rings (SSSR count). The van der Waals surface area contributed by atoms with Gasteiger partial charge in [0.2, 0.25) is 0 Å². The molecule has 0 aliphatic heterocycles. The summed E-state index contributed by atoms with van der Waals surface area (Å²) < 4.78 is 0.856. The van der Waals surface area contributed by atoms with Gasteiger partial charge >= 0.3 is 0 Å². The molecule has 0 bridgehead atoms. The minimum Gasteiger partial charge on any atom is -0.295 e. The standard InChI is InChI=1S/C9H8BrClO/c1-5-3-7(6(2)12)4-8(11)9(5)10/h3-4H,1-2H3. The molecule has 1 aromatic rings. The normalized spacial score (nSPS) is 10.0. The first-order valence-electron chi connectivity index (χ1n) is 3.49. The van der Waals surface area contributed by atoms with Crippen molar-refractivity contribution >= 4 is 33.3 Å². The van der Waals surface area contributed by atoms with E-state index in [1.165, 1.54) is 6.92 Å². The van der Waals surface area contributed by atoms with E-state index in [1.807, 2.05) is 13.0 Å². The summed E-state index contributed by atoms with van der Waals surface area (Å²) in [5, 5.41) is 0.584. The van der Waals surface area contributed by atoms with Crippen molar-refractivity contribution in [2.45, 2.75) is 13.8 Å². The first-order valence-corrected chi connectivity index (χ1v) is 4.66. The monoisotopic (exact) mass is 246 g/mol. The van der Waals surface area contributed by atoms with E-state index in [2.05, 4.69) is 15.9 Å². The highest BCUT2D eigenvalue weighted by Gasteiger charge is 2.06. The van der Waals surface area contributed by atoms with Gasteiger partial charge in [0.15, 0.2) is 5.78 Å². The third kappa shape index (κ3) is 1.87. The first-order chi connectivity index (χ1) is 5.52. The summed E-state index contributed by atoms with van der Waals surface area (Å²) in [6.45, 7) is 3.43. The lowest BCUT2D eigenvalue weighted by Crippen LogP contribution is -1.93. The van der Waals surface area contributed by atoms with Gasteiger partial charge in [-0.1, -0.05) is 11.6 Å². The van der Waals surface area contributed by atoms with Crippen molar-refractivity contribution < 1.29 is 4.79 Å². The Labute approximate surface area is 84.9 Å². The summed E-state index contributed by atoms with van der Waals surface area (Å²) in [5.41, 5.74) is 1.63. The zero-order chi connectivity index (χ0) is 9.30. The highest BCUT2D eigenvalue weighted by Crippen LogP contribution is 2.27. The van der Waals surface area contributed by atoms with Gasteiger partial charge < -0.3 is 0 Å². The largest absolute Gasteiger partial charge is 0.295 e. The second kappa shape index (κ2) is 3.58. The molecule has 0 radical (unpaired) electrons. The Kier molecular flexibility index (Phi) is 2.91. The highest BCUT2D eigenvalue weighted by molar-refractivity contribution is 9.10. The lowest BCUT2D eigenvalue weighted by atomic mass is 10.1. The van der Waals surface area contributed by atoms with Crippen LogP contribution in [-0.2, 0) is 0 Å². The molecule has 0 atom stereocenters. The van der Waals surface area contributed by atoms with Crippen LogP contribution >= 0.6 is 27.5 Å². The number of Topliss-reactive ketones (excluding diaryl/α,β-unsaturated/α-hetero) is 1. The van der Waals surface area contributed by atoms with E-state index in [-0.39, 0.29) is 5.78 Å². The fraction of sp³-hybridized carbons (Fsp3) is 0.222. The molecule has 0 unspecified atom stereocenters. The quantitative estimate of drug-likeness (QED) is 0.693. The molecule has 1 nitrogen and oxygen atoms in total. The van der Waals surface area contributed by atoms with E-state index in [9.17, 15) is 4.79 Å². The zero-order valence-electron chi connectivity index (χ0n) is 6.82. The van der Waals surface area contributed by atoms with Gasteiger partial charge in [-0.05, 0) is 47.5 Å². The summed E-state index contributed by atoms with van der Waals surface area (Å²) in [4.78, 5) is 11.0. The predicted molar refractivity (Wildman–Crippen MR) is 53.9 cm³/mol. The van der Waals surface area contributed by atoms with Gasteiger partial charge in [-0.2, -0.15) is 0 Å². The number of ketones is 1. The number of aryl methyl sites for hydroxylation is 1. The van der Waals surface area contributed by atoms with Gasteiger partial charge in [-0.15, -0.1) is 0 Å². The fourth-order valence-corrected chi connectivity index (χ4v) is 1.43. The molecule has 1 aromatic carbocycles. The van der Waals surface area contributed by atoms with Gasteiger partial charge in [0.25, 0.3) is 0 Å². The Balaban J connectivity index is 3.31. The molecule has 0 amide bonds. The third-order valence-corrected chi connectivity index (χ3v) is 3.20. The molecular formula is C9H8BrClO. The van der Waals surface area contributed by atoms with Crippen LogP contribution in [0.3, 0.4) is 0 Å². The summed E-state index contributed by atoms with van der Waals surface area (Å²) >= 11 is 9.18. The smallest absolute Gasteiger partial charge is 0.159 e. The van der Waals surface area contributed by atoms with Crippen molar-refractivity contribution in [1.82, 2.24) is 0 Å². The Hall–Kier alpha value is -0.340. The van der Waals surface area contributed by atoms with Crippen LogP contribution in [0.15, 0.2) is 16.6 Å². The highest BCUT2D eigenvalue weighted by atomic mass is 79.9. The molecular weight excluding hydrogens is 239 g/mol. The number of halogens is 2. The molecule has 3 heteroatoms. The Morgan fingerprint density at radius 2 is 2.08 bits per heavy atom. The second-order valence-electron chi connectivity index (χ2n) is 2.65. The average Bonchev–Trinajstić information content (AvgIpc) is 1.99. The molecule has 0 N–H and O–H groups in total. The van der Waals surface area contributed by atoms with Crippen LogP contribution in [0.1, 0.15) is 22.8 Å². The second-order valence-corrected chi connectivity index (χ2v) is 3.85. The SMILES string of the molecule is CC(=O)c1cc(C)c(Br)c(Cl)c1. The van der Waals surface area contributed by atoms with Crippen LogP contribution in [0.2, 0.25) is 5.02 Å². The molecule has 12 heavy (non-hydrogen) atoms. The van der Waals surface area contributed by atoms with Crippen molar-refractivity contribution in [2.24, 2.45) is 0 Å². The topological polar surface area (TPSA) is 17.1 Å². The summed E-state index contributed by atoms with van der Waals surface area (Å²) in [6, 6.07) is 3.49. The van der Waals surface area contributed by atoms with Gasteiger partial charge in [-0.3, -0.25) is 4.79 Å². The van der Waals surface area contributed by atoms with Crippen LogP contribution < -0.4 is 0 Å². The average molecular weight is 248 g/mol.